The Hall–Kier alpha value is -3.19. The van der Waals surface area contributed by atoms with Crippen LogP contribution in [-0.4, -0.2) is 47.9 Å². The molecule has 2 N–H and O–H groups in total. The predicted molar refractivity (Wildman–Crippen MR) is 134 cm³/mol. The molecular formula is C28H35N3O4. The third-order valence-corrected chi connectivity index (χ3v) is 6.72. The number of hydrogen-bond acceptors (Lipinski definition) is 5. The largest absolute Gasteiger partial charge is 0.490 e. The molecule has 0 aromatic heterocycles. The Morgan fingerprint density at radius 3 is 2.06 bits per heavy atom. The maximum atomic E-state index is 12.6. The molecule has 2 aromatic carbocycles. The van der Waals surface area contributed by atoms with Crippen LogP contribution in [0.3, 0.4) is 0 Å². The number of imide groups is 1. The lowest BCUT2D eigenvalue weighted by Crippen LogP contribution is -2.52. The Morgan fingerprint density at radius 2 is 1.49 bits per heavy atom. The molecule has 7 heteroatoms. The van der Waals surface area contributed by atoms with Crippen LogP contribution in [0.4, 0.5) is 0 Å². The molecule has 1 aliphatic carbocycles. The number of carbonyl (C=O) groups is 3. The minimum atomic E-state index is -0.568. The first-order valence-corrected chi connectivity index (χ1v) is 12.8. The van der Waals surface area contributed by atoms with Gasteiger partial charge in [-0.1, -0.05) is 36.4 Å². The molecule has 3 fully saturated rings. The summed E-state index contributed by atoms with van der Waals surface area (Å²) in [6, 6.07) is 17.0. The number of benzene rings is 2. The van der Waals surface area contributed by atoms with Gasteiger partial charge in [0.15, 0.2) is 0 Å². The van der Waals surface area contributed by atoms with E-state index in [2.05, 4.69) is 10.6 Å². The van der Waals surface area contributed by atoms with Gasteiger partial charge in [-0.3, -0.25) is 19.7 Å². The first-order valence-electron chi connectivity index (χ1n) is 12.8. The first kappa shape index (κ1) is 24.9. The Balaban J connectivity index is 0.000000215. The minimum Gasteiger partial charge on any atom is -0.490 e. The van der Waals surface area contributed by atoms with Crippen molar-refractivity contribution in [3.63, 3.8) is 0 Å². The van der Waals surface area contributed by atoms with E-state index in [0.717, 1.165) is 24.2 Å². The van der Waals surface area contributed by atoms with Crippen LogP contribution in [0.2, 0.25) is 0 Å². The highest BCUT2D eigenvalue weighted by Gasteiger charge is 2.39. The molecule has 35 heavy (non-hydrogen) atoms. The molecule has 0 radical (unpaired) electrons. The molecule has 0 spiro atoms. The predicted octanol–water partition coefficient (Wildman–Crippen LogP) is 3.83. The van der Waals surface area contributed by atoms with E-state index in [1.54, 1.807) is 11.0 Å². The lowest BCUT2D eigenvalue weighted by molar-refractivity contribution is -0.136. The molecule has 2 saturated heterocycles. The van der Waals surface area contributed by atoms with Gasteiger partial charge in [-0.15, -0.1) is 0 Å². The molecule has 2 aromatic rings. The highest BCUT2D eigenvalue weighted by Crippen LogP contribution is 2.31. The van der Waals surface area contributed by atoms with Crippen molar-refractivity contribution in [2.45, 2.75) is 70.1 Å². The second-order valence-corrected chi connectivity index (χ2v) is 9.36. The monoisotopic (exact) mass is 477 g/mol. The van der Waals surface area contributed by atoms with E-state index in [0.29, 0.717) is 18.5 Å². The van der Waals surface area contributed by atoms with E-state index in [1.807, 2.05) is 48.5 Å². The van der Waals surface area contributed by atoms with Gasteiger partial charge in [-0.05, 0) is 81.8 Å². The number of piperidine rings is 1. The third-order valence-electron chi connectivity index (χ3n) is 6.72. The summed E-state index contributed by atoms with van der Waals surface area (Å²) in [5.41, 5.74) is 1.51. The number of nitrogens with zero attached hydrogens (tertiary/aromatic N) is 1. The summed E-state index contributed by atoms with van der Waals surface area (Å²) in [7, 11) is 0. The van der Waals surface area contributed by atoms with Gasteiger partial charge in [0, 0.05) is 18.5 Å². The number of amides is 3. The third kappa shape index (κ3) is 6.92. The van der Waals surface area contributed by atoms with Gasteiger partial charge in [0.25, 0.3) is 5.91 Å². The Morgan fingerprint density at radius 1 is 0.829 bits per heavy atom. The second kappa shape index (κ2) is 12.5. The molecular weight excluding hydrogens is 442 g/mol. The fourth-order valence-corrected chi connectivity index (χ4v) is 4.83. The van der Waals surface area contributed by atoms with Crippen molar-refractivity contribution >= 4 is 17.7 Å². The van der Waals surface area contributed by atoms with Crippen molar-refractivity contribution in [2.24, 2.45) is 0 Å². The van der Waals surface area contributed by atoms with Crippen molar-refractivity contribution in [1.82, 2.24) is 15.5 Å². The quantitative estimate of drug-likeness (QED) is 0.656. The number of carbonyl (C=O) groups excluding carboxylic acids is 3. The lowest BCUT2D eigenvalue weighted by Gasteiger charge is -2.29. The molecule has 6 rings (SSSR count). The second-order valence-electron chi connectivity index (χ2n) is 9.36. The smallest absolute Gasteiger partial charge is 0.255 e. The summed E-state index contributed by atoms with van der Waals surface area (Å²) < 4.78 is 6.00. The van der Waals surface area contributed by atoms with Crippen LogP contribution in [0.5, 0.6) is 5.75 Å². The summed E-state index contributed by atoms with van der Waals surface area (Å²) >= 11 is 0. The Bertz CT molecular complexity index is 966. The zero-order valence-corrected chi connectivity index (χ0v) is 20.2. The molecule has 0 bridgehead atoms. The van der Waals surface area contributed by atoms with Crippen molar-refractivity contribution in [1.29, 1.82) is 0 Å². The van der Waals surface area contributed by atoms with Crippen LogP contribution < -0.4 is 15.4 Å². The molecule has 1 unspecified atom stereocenters. The zero-order chi connectivity index (χ0) is 24.5. The number of rotatable bonds is 3. The van der Waals surface area contributed by atoms with Crippen LogP contribution in [-0.2, 0) is 16.1 Å². The lowest BCUT2D eigenvalue weighted by atomic mass is 10.0. The van der Waals surface area contributed by atoms with Crippen LogP contribution in [0.1, 0.15) is 67.3 Å². The number of ether oxygens (including phenoxy) is 1. The van der Waals surface area contributed by atoms with Crippen molar-refractivity contribution < 1.29 is 19.1 Å². The molecule has 1 atom stereocenters. The van der Waals surface area contributed by atoms with Gasteiger partial charge in [0.2, 0.25) is 11.8 Å². The SMILES string of the molecule is C1CCNC1.O=C1CCC(N2Cc3cc(OC4CCCC4)ccc3C2=O)C(=O)N1.c1ccccc1. The van der Waals surface area contributed by atoms with Gasteiger partial charge in [0.05, 0.1) is 6.10 Å². The highest BCUT2D eigenvalue weighted by atomic mass is 16.5. The summed E-state index contributed by atoms with van der Waals surface area (Å²) in [6.45, 7) is 2.89. The molecule has 3 heterocycles. The highest BCUT2D eigenvalue weighted by molar-refractivity contribution is 6.05. The summed E-state index contributed by atoms with van der Waals surface area (Å²) in [5, 5.41) is 5.54. The van der Waals surface area contributed by atoms with Gasteiger partial charge in [-0.2, -0.15) is 0 Å². The molecule has 7 nitrogen and oxygen atoms in total. The average Bonchev–Trinajstić information content (AvgIpc) is 3.66. The van der Waals surface area contributed by atoms with Gasteiger partial charge in [0.1, 0.15) is 11.8 Å². The van der Waals surface area contributed by atoms with Crippen LogP contribution >= 0.6 is 0 Å². The minimum absolute atomic E-state index is 0.146. The maximum Gasteiger partial charge on any atom is 0.255 e. The normalized spacial score (nSPS) is 21.4. The van der Waals surface area contributed by atoms with Crippen LogP contribution in [0.25, 0.3) is 0 Å². The molecule has 3 amide bonds. The number of hydrogen-bond donors (Lipinski definition) is 2. The summed E-state index contributed by atoms with van der Waals surface area (Å²) in [6.07, 6.45) is 8.28. The van der Waals surface area contributed by atoms with Crippen LogP contribution in [0, 0.1) is 0 Å². The first-order chi connectivity index (χ1) is 17.1. The van der Waals surface area contributed by atoms with E-state index >= 15 is 0 Å². The Kier molecular flexibility index (Phi) is 8.90. The fraction of sp³-hybridized carbons (Fsp3) is 0.464. The van der Waals surface area contributed by atoms with Gasteiger partial charge in [-0.25, -0.2) is 0 Å². The maximum absolute atomic E-state index is 12.6. The fourth-order valence-electron chi connectivity index (χ4n) is 4.83. The van der Waals surface area contributed by atoms with Gasteiger partial charge < -0.3 is 15.0 Å². The molecule has 4 aliphatic rings. The summed E-state index contributed by atoms with van der Waals surface area (Å²) in [5.74, 6) is -0.00650. The van der Waals surface area contributed by atoms with Crippen molar-refractivity contribution in [3.05, 3.63) is 65.7 Å². The number of fused-ring (bicyclic) bond motifs is 1. The molecule has 186 valence electrons. The van der Waals surface area contributed by atoms with E-state index in [9.17, 15) is 14.4 Å². The van der Waals surface area contributed by atoms with E-state index in [-0.39, 0.29) is 30.2 Å². The Labute approximate surface area is 207 Å². The zero-order valence-electron chi connectivity index (χ0n) is 20.2. The van der Waals surface area contributed by atoms with E-state index < -0.39 is 6.04 Å². The molecule has 3 aliphatic heterocycles. The summed E-state index contributed by atoms with van der Waals surface area (Å²) in [4.78, 5) is 37.5. The van der Waals surface area contributed by atoms with Crippen molar-refractivity contribution in [2.75, 3.05) is 13.1 Å². The van der Waals surface area contributed by atoms with Crippen molar-refractivity contribution in [3.8, 4) is 5.75 Å². The van der Waals surface area contributed by atoms with E-state index in [4.69, 9.17) is 4.74 Å². The average molecular weight is 478 g/mol. The van der Waals surface area contributed by atoms with Gasteiger partial charge >= 0.3 is 0 Å². The molecule has 1 saturated carbocycles. The number of nitrogens with one attached hydrogen (secondary N) is 2. The standard InChI is InChI=1S/C18H20N2O4.C6H6.C4H9N/c21-16-8-7-15(17(22)19-16)20-10-11-9-13(5-6-14(11)18(20)23)24-12-3-1-2-4-12;1-2-4-6-5-3-1;1-2-4-5-3-1/h5-6,9,12,15H,1-4,7-8,10H2,(H,19,21,22);1-6H;5H,1-4H2. The topological polar surface area (TPSA) is 87.7 Å². The van der Waals surface area contributed by atoms with E-state index in [1.165, 1.54) is 38.8 Å². The van der Waals surface area contributed by atoms with Crippen LogP contribution in [0.15, 0.2) is 54.6 Å².